The van der Waals surface area contributed by atoms with Crippen molar-refractivity contribution >= 4 is 23.5 Å². The molecule has 0 unspecified atom stereocenters. The average molecular weight is 288 g/mol. The molecule has 0 fully saturated rings. The van der Waals surface area contributed by atoms with Crippen LogP contribution in [0.4, 0.5) is 4.79 Å². The lowest BCUT2D eigenvalue weighted by molar-refractivity contribution is 0.141. The van der Waals surface area contributed by atoms with Crippen molar-refractivity contribution < 1.29 is 9.53 Å². The Bertz CT molecular complexity index is 579. The Morgan fingerprint density at radius 1 is 1.40 bits per heavy atom. The van der Waals surface area contributed by atoms with E-state index in [0.717, 1.165) is 10.6 Å². The van der Waals surface area contributed by atoms with Crippen LogP contribution in [0.25, 0.3) is 6.08 Å². The molecule has 20 heavy (non-hydrogen) atoms. The van der Waals surface area contributed by atoms with Gasteiger partial charge in [-0.05, 0) is 18.6 Å². The van der Waals surface area contributed by atoms with Gasteiger partial charge in [0.2, 0.25) is 0 Å². The molecular formula is C15H16N2O2S. The molecule has 0 aliphatic rings. The van der Waals surface area contributed by atoms with E-state index in [1.54, 1.807) is 11.3 Å². The molecular weight excluding hydrogens is 272 g/mol. The van der Waals surface area contributed by atoms with Crippen LogP contribution in [-0.2, 0) is 11.3 Å². The minimum absolute atomic E-state index is 0.280. The Balaban J connectivity index is 1.66. The molecule has 0 bridgehead atoms. The van der Waals surface area contributed by atoms with Gasteiger partial charge in [-0.25, -0.2) is 9.78 Å². The van der Waals surface area contributed by atoms with Gasteiger partial charge in [-0.2, -0.15) is 0 Å². The number of carbonyl (C=O) groups is 1. The number of hydrogen-bond acceptors (Lipinski definition) is 4. The van der Waals surface area contributed by atoms with Crippen molar-refractivity contribution in [2.75, 3.05) is 6.54 Å². The Kier molecular flexibility index (Phi) is 5.32. The van der Waals surface area contributed by atoms with Crippen molar-refractivity contribution in [3.8, 4) is 0 Å². The lowest BCUT2D eigenvalue weighted by Gasteiger charge is -2.04. The van der Waals surface area contributed by atoms with Gasteiger partial charge in [-0.1, -0.05) is 36.4 Å². The molecule has 1 N–H and O–H groups in total. The number of nitrogens with one attached hydrogen (secondary N) is 1. The number of rotatable bonds is 5. The van der Waals surface area contributed by atoms with E-state index in [9.17, 15) is 4.79 Å². The molecule has 1 heterocycles. The molecule has 0 saturated carbocycles. The maximum absolute atomic E-state index is 11.5. The highest BCUT2D eigenvalue weighted by molar-refractivity contribution is 7.12. The summed E-state index contributed by atoms with van der Waals surface area (Å²) in [6.07, 6.45) is 5.14. The number of aromatic nitrogens is 1. The number of nitrogens with zero attached hydrogens (tertiary/aromatic N) is 1. The zero-order valence-electron chi connectivity index (χ0n) is 11.2. The first-order chi connectivity index (χ1) is 9.74. The Hall–Kier alpha value is -2.14. The summed E-state index contributed by atoms with van der Waals surface area (Å²) in [4.78, 5) is 16.8. The quantitative estimate of drug-likeness (QED) is 0.917. The van der Waals surface area contributed by atoms with Crippen molar-refractivity contribution in [1.82, 2.24) is 10.3 Å². The van der Waals surface area contributed by atoms with Gasteiger partial charge >= 0.3 is 6.09 Å². The van der Waals surface area contributed by atoms with E-state index in [2.05, 4.69) is 10.3 Å². The second-order valence-corrected chi connectivity index (χ2v) is 5.42. The Labute approximate surface area is 122 Å². The third-order valence-corrected chi connectivity index (χ3v) is 3.35. The minimum atomic E-state index is -0.422. The lowest BCUT2D eigenvalue weighted by atomic mass is 10.2. The van der Waals surface area contributed by atoms with Gasteiger partial charge in [0.15, 0.2) is 0 Å². The standard InChI is InChI=1S/C15H16N2O2S/c1-12-10-17-14(20-12)8-5-9-16-15(18)19-11-13-6-3-2-4-7-13/h2-8,10H,9,11H2,1H3,(H,16,18). The highest BCUT2D eigenvalue weighted by Crippen LogP contribution is 2.12. The van der Waals surface area contributed by atoms with E-state index in [1.807, 2.05) is 55.6 Å². The second kappa shape index (κ2) is 7.45. The Morgan fingerprint density at radius 3 is 2.90 bits per heavy atom. The molecule has 0 spiro atoms. The van der Waals surface area contributed by atoms with Crippen molar-refractivity contribution in [2.24, 2.45) is 0 Å². The number of hydrogen-bond donors (Lipinski definition) is 1. The number of aryl methyl sites for hydroxylation is 1. The summed E-state index contributed by atoms with van der Waals surface area (Å²) in [6, 6.07) is 9.58. The van der Waals surface area contributed by atoms with Crippen LogP contribution in [0.5, 0.6) is 0 Å². The fourth-order valence-electron chi connectivity index (χ4n) is 1.53. The summed E-state index contributed by atoms with van der Waals surface area (Å²) in [5.41, 5.74) is 0.969. The molecule has 0 aliphatic carbocycles. The summed E-state index contributed by atoms with van der Waals surface area (Å²) in [7, 11) is 0. The van der Waals surface area contributed by atoms with Crippen molar-refractivity contribution in [3.63, 3.8) is 0 Å². The van der Waals surface area contributed by atoms with E-state index in [1.165, 1.54) is 4.88 Å². The largest absolute Gasteiger partial charge is 0.445 e. The first-order valence-electron chi connectivity index (χ1n) is 6.27. The van der Waals surface area contributed by atoms with Gasteiger partial charge in [0, 0.05) is 17.6 Å². The molecule has 104 valence electrons. The van der Waals surface area contributed by atoms with Crippen LogP contribution < -0.4 is 5.32 Å². The van der Waals surface area contributed by atoms with Crippen LogP contribution in [0, 0.1) is 6.92 Å². The molecule has 2 aromatic rings. The predicted octanol–water partition coefficient (Wildman–Crippen LogP) is 3.39. The molecule has 4 nitrogen and oxygen atoms in total. The normalized spacial score (nSPS) is 10.7. The van der Waals surface area contributed by atoms with Crippen LogP contribution in [0.3, 0.4) is 0 Å². The fraction of sp³-hybridized carbons (Fsp3) is 0.200. The van der Waals surface area contributed by atoms with E-state index in [0.29, 0.717) is 6.54 Å². The van der Waals surface area contributed by atoms with Gasteiger partial charge in [0.25, 0.3) is 0 Å². The minimum Gasteiger partial charge on any atom is -0.445 e. The summed E-state index contributed by atoms with van der Waals surface area (Å²) < 4.78 is 5.09. The second-order valence-electron chi connectivity index (χ2n) is 4.15. The maximum Gasteiger partial charge on any atom is 0.407 e. The van der Waals surface area contributed by atoms with E-state index in [-0.39, 0.29) is 6.61 Å². The molecule has 1 aromatic heterocycles. The highest BCUT2D eigenvalue weighted by atomic mass is 32.1. The van der Waals surface area contributed by atoms with Gasteiger partial charge in [0.05, 0.1) is 0 Å². The van der Waals surface area contributed by atoms with Crippen LogP contribution >= 0.6 is 11.3 Å². The first kappa shape index (κ1) is 14.3. The molecule has 2 rings (SSSR count). The summed E-state index contributed by atoms with van der Waals surface area (Å²) in [6.45, 7) is 2.71. The highest BCUT2D eigenvalue weighted by Gasteiger charge is 2.00. The summed E-state index contributed by atoms with van der Waals surface area (Å²) in [5, 5.41) is 3.59. The van der Waals surface area contributed by atoms with Crippen molar-refractivity contribution in [3.05, 3.63) is 58.1 Å². The third-order valence-electron chi connectivity index (χ3n) is 2.48. The number of amides is 1. The number of alkyl carbamates (subject to hydrolysis) is 1. The van der Waals surface area contributed by atoms with E-state index in [4.69, 9.17) is 4.74 Å². The fourth-order valence-corrected chi connectivity index (χ4v) is 2.23. The smallest absolute Gasteiger partial charge is 0.407 e. The maximum atomic E-state index is 11.5. The molecule has 0 saturated heterocycles. The molecule has 0 radical (unpaired) electrons. The van der Waals surface area contributed by atoms with E-state index >= 15 is 0 Å². The lowest BCUT2D eigenvalue weighted by Crippen LogP contribution is -2.24. The monoisotopic (exact) mass is 288 g/mol. The Morgan fingerprint density at radius 2 is 2.20 bits per heavy atom. The third kappa shape index (κ3) is 4.85. The predicted molar refractivity (Wildman–Crippen MR) is 80.5 cm³/mol. The van der Waals surface area contributed by atoms with E-state index < -0.39 is 6.09 Å². The number of thiazole rings is 1. The molecule has 1 amide bonds. The van der Waals surface area contributed by atoms with Crippen LogP contribution in [0.2, 0.25) is 0 Å². The van der Waals surface area contributed by atoms with Gasteiger partial charge < -0.3 is 10.1 Å². The zero-order chi connectivity index (χ0) is 14.2. The summed E-state index contributed by atoms with van der Waals surface area (Å²) in [5.74, 6) is 0. The number of carbonyl (C=O) groups excluding carboxylic acids is 1. The topological polar surface area (TPSA) is 51.2 Å². The van der Waals surface area contributed by atoms with Gasteiger partial charge in [-0.3, -0.25) is 0 Å². The molecule has 1 aromatic carbocycles. The van der Waals surface area contributed by atoms with Gasteiger partial charge in [-0.15, -0.1) is 11.3 Å². The van der Waals surface area contributed by atoms with Crippen molar-refractivity contribution in [2.45, 2.75) is 13.5 Å². The molecule has 0 aliphatic heterocycles. The zero-order valence-corrected chi connectivity index (χ0v) is 12.0. The molecule has 5 heteroatoms. The van der Waals surface area contributed by atoms with Crippen LogP contribution in [0.1, 0.15) is 15.4 Å². The van der Waals surface area contributed by atoms with Crippen LogP contribution in [-0.4, -0.2) is 17.6 Å². The van der Waals surface area contributed by atoms with Gasteiger partial charge in [0.1, 0.15) is 11.6 Å². The summed E-state index contributed by atoms with van der Waals surface area (Å²) >= 11 is 1.61. The SMILES string of the molecule is Cc1cnc(C=CCNC(=O)OCc2ccccc2)s1. The van der Waals surface area contributed by atoms with Crippen molar-refractivity contribution in [1.29, 1.82) is 0 Å². The van der Waals surface area contributed by atoms with Crippen LogP contribution in [0.15, 0.2) is 42.6 Å². The number of benzene rings is 1. The number of ether oxygens (including phenoxy) is 1. The average Bonchev–Trinajstić information content (AvgIpc) is 2.88. The molecule has 0 atom stereocenters. The first-order valence-corrected chi connectivity index (χ1v) is 7.09.